The fraction of sp³-hybridized carbons (Fsp3) is 0.649. The van der Waals surface area contributed by atoms with Gasteiger partial charge in [0.2, 0.25) is 0 Å². The van der Waals surface area contributed by atoms with Crippen LogP contribution in [-0.2, 0) is 43.0 Å². The Kier molecular flexibility index (Phi) is 11.1. The minimum atomic E-state index is -2.04. The number of rotatable bonds is 14. The van der Waals surface area contributed by atoms with Gasteiger partial charge < -0.3 is 28.1 Å². The summed E-state index contributed by atoms with van der Waals surface area (Å²) in [6, 6.07) is 6.38. The highest BCUT2D eigenvalue weighted by Crippen LogP contribution is 2.42. The maximum absolute atomic E-state index is 15.5. The van der Waals surface area contributed by atoms with Gasteiger partial charge in [0.25, 0.3) is 0 Å². The van der Waals surface area contributed by atoms with Crippen molar-refractivity contribution < 1.29 is 37.3 Å². The zero-order valence-corrected chi connectivity index (χ0v) is 34.2. The predicted octanol–water partition coefficient (Wildman–Crippen LogP) is 7.71. The molecule has 0 bridgehead atoms. The first-order valence-electron chi connectivity index (χ1n) is 18.1. The number of halogens is 2. The molecule has 0 N–H and O–H groups in total. The zero-order chi connectivity index (χ0) is 36.9. The summed E-state index contributed by atoms with van der Waals surface area (Å²) in [6.07, 6.45) is 0.840. The molecule has 2 fully saturated rings. The van der Waals surface area contributed by atoms with E-state index in [-0.39, 0.29) is 54.2 Å². The molecule has 3 aliphatic rings. The number of imidazole rings is 1. The molecular formula is C37H53ClFN3O7Si2. The first-order chi connectivity index (χ1) is 23.9. The van der Waals surface area contributed by atoms with Crippen LogP contribution in [0.1, 0.15) is 56.9 Å². The molecule has 0 saturated carbocycles. The molecule has 1 aliphatic carbocycles. The Hall–Kier alpha value is -2.40. The van der Waals surface area contributed by atoms with E-state index in [9.17, 15) is 4.79 Å². The van der Waals surface area contributed by atoms with E-state index in [0.717, 1.165) is 18.0 Å². The number of Topliss-reactive ketones (excluding diaryl/α,β-unsaturated/α-hetero) is 1. The highest BCUT2D eigenvalue weighted by atomic mass is 35.5. The van der Waals surface area contributed by atoms with E-state index in [1.54, 1.807) is 6.07 Å². The van der Waals surface area contributed by atoms with Crippen molar-refractivity contribution >= 4 is 44.9 Å². The Morgan fingerprint density at radius 2 is 1.76 bits per heavy atom. The molecule has 5 atom stereocenters. The third-order valence-corrected chi connectivity index (χ3v) is 17.2. The van der Waals surface area contributed by atoms with Crippen molar-refractivity contribution in [3.05, 3.63) is 45.9 Å². The van der Waals surface area contributed by atoms with Gasteiger partial charge in [0.1, 0.15) is 42.6 Å². The number of carbonyl (C=O) groups excluding carboxylic acids is 1. The summed E-state index contributed by atoms with van der Waals surface area (Å²) in [4.78, 5) is 21.3. The number of ketones is 1. The largest absolute Gasteiger partial charge is 0.486 e. The van der Waals surface area contributed by atoms with Gasteiger partial charge in [-0.15, -0.1) is 0 Å². The Morgan fingerprint density at radius 3 is 2.45 bits per heavy atom. The monoisotopic (exact) mass is 761 g/mol. The summed E-state index contributed by atoms with van der Waals surface area (Å²) < 4.78 is 54.8. The fourth-order valence-corrected chi connectivity index (χ4v) is 9.03. The lowest BCUT2D eigenvalue weighted by Gasteiger charge is -2.39. The molecule has 2 aromatic heterocycles. The van der Waals surface area contributed by atoms with E-state index in [1.165, 1.54) is 13.0 Å². The van der Waals surface area contributed by atoms with Gasteiger partial charge in [-0.3, -0.25) is 9.36 Å². The number of hydrogen-bond acceptors (Lipinski definition) is 9. The van der Waals surface area contributed by atoms with Crippen molar-refractivity contribution in [3.8, 4) is 11.8 Å². The average Bonchev–Trinajstić information content (AvgIpc) is 3.79. The number of benzene rings is 1. The number of aromatic nitrogens is 3. The molecule has 6 rings (SSSR count). The van der Waals surface area contributed by atoms with Crippen LogP contribution in [0.5, 0.6) is 11.8 Å². The average molecular weight is 762 g/mol. The molecule has 0 amide bonds. The lowest BCUT2D eigenvalue weighted by molar-refractivity contribution is -0.118. The molecule has 1 aromatic carbocycles. The molecule has 280 valence electrons. The van der Waals surface area contributed by atoms with Gasteiger partial charge in [-0.25, -0.2) is 9.37 Å². The van der Waals surface area contributed by atoms with Crippen LogP contribution in [0.15, 0.2) is 18.2 Å². The van der Waals surface area contributed by atoms with Crippen molar-refractivity contribution in [2.75, 3.05) is 26.4 Å². The number of ether oxygens (including phenoxy) is 5. The van der Waals surface area contributed by atoms with Crippen molar-refractivity contribution in [1.82, 2.24) is 14.5 Å². The lowest BCUT2D eigenvalue weighted by Crippen LogP contribution is -2.47. The van der Waals surface area contributed by atoms with Crippen LogP contribution >= 0.6 is 11.6 Å². The van der Waals surface area contributed by atoms with Crippen LogP contribution in [0.4, 0.5) is 4.39 Å². The number of fused-ring (bicyclic) bond motifs is 3. The van der Waals surface area contributed by atoms with Crippen molar-refractivity contribution in [2.24, 2.45) is 0 Å². The molecule has 4 heterocycles. The van der Waals surface area contributed by atoms with E-state index in [0.29, 0.717) is 71.9 Å². The molecule has 51 heavy (non-hydrogen) atoms. The first-order valence-corrected chi connectivity index (χ1v) is 25.0. The Bertz CT molecular complexity index is 1760. The summed E-state index contributed by atoms with van der Waals surface area (Å²) in [5.74, 6) is -0.207. The summed E-state index contributed by atoms with van der Waals surface area (Å²) in [5.41, 5.74) is 3.36. The van der Waals surface area contributed by atoms with Crippen molar-refractivity contribution in [2.45, 2.75) is 128 Å². The quantitative estimate of drug-likeness (QED) is 0.121. The van der Waals surface area contributed by atoms with Crippen LogP contribution < -0.4 is 9.47 Å². The van der Waals surface area contributed by atoms with Gasteiger partial charge in [-0.05, 0) is 79.5 Å². The molecule has 3 aromatic rings. The maximum atomic E-state index is 15.5. The highest BCUT2D eigenvalue weighted by Gasteiger charge is 2.52. The van der Waals surface area contributed by atoms with Gasteiger partial charge >= 0.3 is 6.01 Å². The molecule has 2 saturated heterocycles. The second kappa shape index (κ2) is 14.8. The minimum Gasteiger partial charge on any atom is -0.486 e. The van der Waals surface area contributed by atoms with Crippen molar-refractivity contribution in [3.63, 3.8) is 0 Å². The summed E-state index contributed by atoms with van der Waals surface area (Å²) in [5, 5.41) is 0.528. The van der Waals surface area contributed by atoms with Gasteiger partial charge in [0.05, 0.1) is 30.0 Å². The molecule has 1 unspecified atom stereocenters. The van der Waals surface area contributed by atoms with E-state index in [1.807, 2.05) is 10.6 Å². The van der Waals surface area contributed by atoms with Gasteiger partial charge in [0.15, 0.2) is 25.9 Å². The molecule has 14 heteroatoms. The molecule has 10 nitrogen and oxygen atoms in total. The van der Waals surface area contributed by atoms with Gasteiger partial charge in [-0.1, -0.05) is 52.0 Å². The maximum Gasteiger partial charge on any atom is 0.301 e. The van der Waals surface area contributed by atoms with Crippen LogP contribution in [0.25, 0.3) is 11.2 Å². The summed E-state index contributed by atoms with van der Waals surface area (Å²) >= 11 is 6.85. The van der Waals surface area contributed by atoms with Gasteiger partial charge in [-0.2, -0.15) is 4.98 Å². The predicted molar refractivity (Wildman–Crippen MR) is 200 cm³/mol. The highest BCUT2D eigenvalue weighted by molar-refractivity contribution is 6.76. The second-order valence-electron chi connectivity index (χ2n) is 17.0. The standard InChI is InChI=1S/C37H53ClFN3O7Si2/c1-22(43)18-45-25-14-23-10-11-24(32(23)27(39)16-25)15-28-26(38)17-29-35(40-28)42(21-44-12-13-50(5,6)7)36(41-29)48-30-19-46-34-31(20-47-33(30)34)49-51(8,9)37(2,3)4/h14,16-17,24,30-31,33-34H,10-13,15,18-21H2,1-9H3/t24?,30-,31-,33-,34-/m1/s1. The topological polar surface area (TPSA) is 103 Å². The Morgan fingerprint density at radius 1 is 1.06 bits per heavy atom. The van der Waals surface area contributed by atoms with Gasteiger partial charge in [0, 0.05) is 20.7 Å². The molecule has 2 aliphatic heterocycles. The normalized spacial score (nSPS) is 23.5. The molecule has 0 spiro atoms. The van der Waals surface area contributed by atoms with E-state index in [2.05, 4.69) is 53.5 Å². The third kappa shape index (κ3) is 8.55. The van der Waals surface area contributed by atoms with Crippen LogP contribution in [0.3, 0.4) is 0 Å². The number of carbonyl (C=O) groups is 1. The second-order valence-corrected chi connectivity index (χ2v) is 27.8. The van der Waals surface area contributed by atoms with E-state index < -0.39 is 22.5 Å². The smallest absolute Gasteiger partial charge is 0.301 e. The first kappa shape index (κ1) is 38.3. The van der Waals surface area contributed by atoms with E-state index in [4.69, 9.17) is 49.7 Å². The number of aryl methyl sites for hydroxylation is 1. The number of nitrogens with zero attached hydrogens (tertiary/aromatic N) is 3. The molecular weight excluding hydrogens is 709 g/mol. The van der Waals surface area contributed by atoms with E-state index >= 15 is 4.39 Å². The third-order valence-electron chi connectivity index (χ3n) is 10.6. The fourth-order valence-electron chi connectivity index (χ4n) is 6.74. The minimum absolute atomic E-state index is 0.0673. The van der Waals surface area contributed by atoms with Crippen LogP contribution in [-0.4, -0.2) is 87.6 Å². The van der Waals surface area contributed by atoms with Crippen LogP contribution in [0.2, 0.25) is 48.8 Å². The Balaban J connectivity index is 1.24. The summed E-state index contributed by atoms with van der Waals surface area (Å²) in [7, 11) is -3.36. The molecule has 0 radical (unpaired) electrons. The lowest BCUT2D eigenvalue weighted by atomic mass is 9.95. The van der Waals surface area contributed by atoms with Crippen LogP contribution in [0, 0.1) is 5.82 Å². The summed E-state index contributed by atoms with van der Waals surface area (Å²) in [6.45, 7) is 21.1. The van der Waals surface area contributed by atoms with Crippen molar-refractivity contribution in [1.29, 1.82) is 0 Å². The SMILES string of the molecule is CC(=O)COc1cc(F)c2c(c1)CCC2Cc1nc2c(cc1Cl)nc(O[C@@H]1CO[C@H]3[C@@H]1OC[C@H]3O[Si](C)(C)C(C)(C)C)n2COCC[Si](C)(C)C. The number of pyridine rings is 1. The number of hydrogen-bond donors (Lipinski definition) is 0. The Labute approximate surface area is 307 Å². The zero-order valence-electron chi connectivity index (χ0n) is 31.4.